The number of hydrogen-bond acceptors (Lipinski definition) is 3. The maximum atomic E-state index is 12.6. The minimum absolute atomic E-state index is 0.0831. The first-order chi connectivity index (χ1) is 9.36. The lowest BCUT2D eigenvalue weighted by Crippen LogP contribution is -2.42. The number of nitrogens with zero attached hydrogens (tertiary/aromatic N) is 1. The Hall–Kier alpha value is -2.17. The molecule has 0 bridgehead atoms. The Labute approximate surface area is 117 Å². The lowest BCUT2D eigenvalue weighted by Gasteiger charge is -2.25. The van der Waals surface area contributed by atoms with Gasteiger partial charge < -0.3 is 5.11 Å². The maximum Gasteiger partial charge on any atom is 0.305 e. The molecule has 2 rings (SSSR count). The predicted molar refractivity (Wildman–Crippen MR) is 72.0 cm³/mol. The number of carboxylic acids is 1. The van der Waals surface area contributed by atoms with Crippen LogP contribution in [0.1, 0.15) is 32.3 Å². The summed E-state index contributed by atoms with van der Waals surface area (Å²) in [6.07, 6.45) is -0.151. The second-order valence-corrected chi connectivity index (χ2v) is 5.39. The Morgan fingerprint density at radius 3 is 2.50 bits per heavy atom. The molecule has 1 N–H and O–H groups in total. The molecule has 0 radical (unpaired) electrons. The van der Waals surface area contributed by atoms with Crippen molar-refractivity contribution in [2.24, 2.45) is 0 Å². The van der Waals surface area contributed by atoms with Crippen LogP contribution in [0.25, 0.3) is 0 Å². The van der Waals surface area contributed by atoms with Crippen LogP contribution in [-0.2, 0) is 19.8 Å². The van der Waals surface area contributed by atoms with E-state index in [0.717, 1.165) is 10.5 Å². The molecule has 20 heavy (non-hydrogen) atoms. The number of likely N-dealkylation sites (tertiary alicyclic amines) is 1. The summed E-state index contributed by atoms with van der Waals surface area (Å²) in [7, 11) is 0. The van der Waals surface area contributed by atoms with Crippen LogP contribution < -0.4 is 0 Å². The topological polar surface area (TPSA) is 74.7 Å². The third-order valence-corrected chi connectivity index (χ3v) is 3.79. The summed E-state index contributed by atoms with van der Waals surface area (Å²) in [6, 6.07) is 8.49. The maximum absolute atomic E-state index is 12.6. The smallest absolute Gasteiger partial charge is 0.305 e. The van der Waals surface area contributed by atoms with Crippen molar-refractivity contribution < 1.29 is 19.5 Å². The molecule has 5 heteroatoms. The molecule has 106 valence electrons. The number of benzene rings is 1. The molecular formula is C15H17NO4. The standard InChI is InChI=1S/C15H17NO4/c1-10(8-13(18)19)16-12(17)9-15(2,14(16)20)11-6-4-3-5-7-11/h3-7,10H,8-9H2,1-2H3,(H,18,19). The van der Waals surface area contributed by atoms with Gasteiger partial charge in [0.1, 0.15) is 0 Å². The normalized spacial score (nSPS) is 24.0. The zero-order valence-electron chi connectivity index (χ0n) is 11.5. The third kappa shape index (κ3) is 2.31. The lowest BCUT2D eigenvalue weighted by atomic mass is 9.81. The molecule has 1 aliphatic heterocycles. The monoisotopic (exact) mass is 275 g/mol. The first kappa shape index (κ1) is 14.2. The van der Waals surface area contributed by atoms with Gasteiger partial charge in [0.15, 0.2) is 0 Å². The third-order valence-electron chi connectivity index (χ3n) is 3.79. The highest BCUT2D eigenvalue weighted by Crippen LogP contribution is 2.37. The van der Waals surface area contributed by atoms with Gasteiger partial charge in [0.25, 0.3) is 0 Å². The SMILES string of the molecule is CC(CC(=O)O)N1C(=O)CC(C)(c2ccccc2)C1=O. The largest absolute Gasteiger partial charge is 0.481 e. The molecule has 1 fully saturated rings. The van der Waals surface area contributed by atoms with Crippen molar-refractivity contribution in [2.75, 3.05) is 0 Å². The van der Waals surface area contributed by atoms with Crippen molar-refractivity contribution in [3.05, 3.63) is 35.9 Å². The zero-order chi connectivity index (χ0) is 14.9. The second-order valence-electron chi connectivity index (χ2n) is 5.39. The molecule has 1 heterocycles. The zero-order valence-corrected chi connectivity index (χ0v) is 11.5. The van der Waals surface area contributed by atoms with Crippen molar-refractivity contribution in [1.82, 2.24) is 4.90 Å². The van der Waals surface area contributed by atoms with Crippen LogP contribution in [0.4, 0.5) is 0 Å². The molecule has 2 unspecified atom stereocenters. The van der Waals surface area contributed by atoms with Gasteiger partial charge in [-0.2, -0.15) is 0 Å². The van der Waals surface area contributed by atoms with Crippen molar-refractivity contribution in [1.29, 1.82) is 0 Å². The van der Waals surface area contributed by atoms with Gasteiger partial charge in [0, 0.05) is 12.5 Å². The van der Waals surface area contributed by atoms with Gasteiger partial charge in [-0.05, 0) is 19.4 Å². The molecule has 0 saturated carbocycles. The molecule has 0 aliphatic carbocycles. The highest BCUT2D eigenvalue weighted by molar-refractivity contribution is 6.09. The van der Waals surface area contributed by atoms with Crippen LogP contribution in [0, 0.1) is 0 Å². The summed E-state index contributed by atoms with van der Waals surface area (Å²) in [5.74, 6) is -1.65. The first-order valence-electron chi connectivity index (χ1n) is 6.50. The van der Waals surface area contributed by atoms with E-state index in [1.807, 2.05) is 30.3 Å². The minimum atomic E-state index is -1.02. The van der Waals surface area contributed by atoms with Gasteiger partial charge in [-0.15, -0.1) is 0 Å². The highest BCUT2D eigenvalue weighted by Gasteiger charge is 2.50. The van der Waals surface area contributed by atoms with E-state index in [1.54, 1.807) is 13.8 Å². The molecule has 1 aromatic rings. The molecule has 2 amide bonds. The average Bonchev–Trinajstić information content (AvgIpc) is 2.61. The molecule has 0 spiro atoms. The molecule has 0 aromatic heterocycles. The number of carbonyl (C=O) groups excluding carboxylic acids is 2. The fraction of sp³-hybridized carbons (Fsp3) is 0.400. The van der Waals surface area contributed by atoms with Gasteiger partial charge in [-0.1, -0.05) is 30.3 Å². The van der Waals surface area contributed by atoms with E-state index in [-0.39, 0.29) is 24.7 Å². The Balaban J connectivity index is 2.31. The summed E-state index contributed by atoms with van der Waals surface area (Å²) in [4.78, 5) is 36.5. The van der Waals surface area contributed by atoms with Crippen molar-refractivity contribution in [3.63, 3.8) is 0 Å². The number of hydrogen-bond donors (Lipinski definition) is 1. The summed E-state index contributed by atoms with van der Waals surface area (Å²) >= 11 is 0. The van der Waals surface area contributed by atoms with Gasteiger partial charge in [0.2, 0.25) is 11.8 Å². The van der Waals surface area contributed by atoms with Gasteiger partial charge in [0.05, 0.1) is 11.8 Å². The van der Waals surface area contributed by atoms with Crippen molar-refractivity contribution >= 4 is 17.8 Å². The van der Waals surface area contributed by atoms with Gasteiger partial charge in [-0.25, -0.2) is 0 Å². The van der Waals surface area contributed by atoms with Crippen LogP contribution in [0.5, 0.6) is 0 Å². The van der Waals surface area contributed by atoms with E-state index in [1.165, 1.54) is 0 Å². The molecule has 1 saturated heterocycles. The van der Waals surface area contributed by atoms with E-state index in [2.05, 4.69) is 0 Å². The number of amides is 2. The number of aliphatic carboxylic acids is 1. The Kier molecular flexibility index (Phi) is 3.61. The van der Waals surface area contributed by atoms with E-state index in [4.69, 9.17) is 5.11 Å². The molecular weight excluding hydrogens is 258 g/mol. The summed E-state index contributed by atoms with van der Waals surface area (Å²) in [6.45, 7) is 3.32. The van der Waals surface area contributed by atoms with E-state index < -0.39 is 17.4 Å². The average molecular weight is 275 g/mol. The number of rotatable bonds is 4. The second kappa shape index (κ2) is 5.07. The van der Waals surface area contributed by atoms with Crippen LogP contribution in [0.2, 0.25) is 0 Å². The Morgan fingerprint density at radius 2 is 1.95 bits per heavy atom. The summed E-state index contributed by atoms with van der Waals surface area (Å²) in [5.41, 5.74) is -0.117. The number of carbonyl (C=O) groups is 3. The van der Waals surface area contributed by atoms with Crippen molar-refractivity contribution in [3.8, 4) is 0 Å². The van der Waals surface area contributed by atoms with Crippen LogP contribution in [0.3, 0.4) is 0 Å². The van der Waals surface area contributed by atoms with Crippen LogP contribution in [-0.4, -0.2) is 33.8 Å². The van der Waals surface area contributed by atoms with Gasteiger partial charge >= 0.3 is 5.97 Å². The fourth-order valence-corrected chi connectivity index (χ4v) is 2.66. The first-order valence-corrected chi connectivity index (χ1v) is 6.50. The predicted octanol–water partition coefficient (Wildman–Crippen LogP) is 1.57. The minimum Gasteiger partial charge on any atom is -0.481 e. The molecule has 2 atom stereocenters. The molecule has 1 aromatic carbocycles. The Bertz CT molecular complexity index is 554. The fourth-order valence-electron chi connectivity index (χ4n) is 2.66. The van der Waals surface area contributed by atoms with Gasteiger partial charge in [-0.3, -0.25) is 19.3 Å². The molecule has 1 aliphatic rings. The van der Waals surface area contributed by atoms with E-state index >= 15 is 0 Å². The lowest BCUT2D eigenvalue weighted by molar-refractivity contribution is -0.144. The summed E-state index contributed by atoms with van der Waals surface area (Å²) < 4.78 is 0. The van der Waals surface area contributed by atoms with Crippen molar-refractivity contribution in [2.45, 2.75) is 38.1 Å². The van der Waals surface area contributed by atoms with Crippen LogP contribution >= 0.6 is 0 Å². The van der Waals surface area contributed by atoms with E-state index in [0.29, 0.717) is 0 Å². The number of carboxylic acid groups (broad SMARTS) is 1. The number of imide groups is 1. The molecule has 5 nitrogen and oxygen atoms in total. The van der Waals surface area contributed by atoms with E-state index in [9.17, 15) is 14.4 Å². The van der Waals surface area contributed by atoms with Crippen LogP contribution in [0.15, 0.2) is 30.3 Å². The Morgan fingerprint density at radius 1 is 1.35 bits per heavy atom. The quantitative estimate of drug-likeness (QED) is 0.846. The highest BCUT2D eigenvalue weighted by atomic mass is 16.4. The summed E-state index contributed by atoms with van der Waals surface area (Å²) in [5, 5.41) is 8.81.